The Morgan fingerprint density at radius 2 is 1.70 bits per heavy atom. The molecule has 130 valence electrons. The molecule has 2 aliphatic rings. The SMILES string of the molecule is CCCOc1ccc(OCCN2CC3CCC(N)C3C2)cc1.Cl. The molecule has 1 saturated heterocycles. The number of halogens is 1. The van der Waals surface area contributed by atoms with Gasteiger partial charge in [-0.3, -0.25) is 4.90 Å². The topological polar surface area (TPSA) is 47.7 Å². The summed E-state index contributed by atoms with van der Waals surface area (Å²) in [5.41, 5.74) is 6.18. The Balaban J connectivity index is 0.00000192. The minimum atomic E-state index is 0. The van der Waals surface area contributed by atoms with E-state index in [-0.39, 0.29) is 12.4 Å². The van der Waals surface area contributed by atoms with E-state index in [2.05, 4.69) is 11.8 Å². The predicted molar refractivity (Wildman–Crippen MR) is 95.6 cm³/mol. The molecule has 1 heterocycles. The lowest BCUT2D eigenvalue weighted by Gasteiger charge is -2.18. The second kappa shape index (κ2) is 8.76. The predicted octanol–water partition coefficient (Wildman–Crippen LogP) is 2.95. The van der Waals surface area contributed by atoms with Gasteiger partial charge in [-0.05, 0) is 55.4 Å². The maximum atomic E-state index is 6.18. The maximum Gasteiger partial charge on any atom is 0.119 e. The smallest absolute Gasteiger partial charge is 0.119 e. The number of nitrogens with zero attached hydrogens (tertiary/aromatic N) is 1. The van der Waals surface area contributed by atoms with Crippen LogP contribution in [0, 0.1) is 11.8 Å². The highest BCUT2D eigenvalue weighted by molar-refractivity contribution is 5.85. The van der Waals surface area contributed by atoms with Crippen molar-refractivity contribution in [3.8, 4) is 11.5 Å². The van der Waals surface area contributed by atoms with Crippen molar-refractivity contribution in [2.75, 3.05) is 32.8 Å². The van der Waals surface area contributed by atoms with E-state index in [9.17, 15) is 0 Å². The van der Waals surface area contributed by atoms with Gasteiger partial charge in [0, 0.05) is 25.7 Å². The van der Waals surface area contributed by atoms with E-state index in [4.69, 9.17) is 15.2 Å². The first kappa shape index (κ1) is 18.4. The molecule has 1 aromatic carbocycles. The minimum Gasteiger partial charge on any atom is -0.494 e. The van der Waals surface area contributed by atoms with Crippen LogP contribution in [0.2, 0.25) is 0 Å². The molecule has 4 nitrogen and oxygen atoms in total. The molecule has 5 heteroatoms. The van der Waals surface area contributed by atoms with E-state index >= 15 is 0 Å². The lowest BCUT2D eigenvalue weighted by Crippen LogP contribution is -2.32. The quantitative estimate of drug-likeness (QED) is 0.829. The third kappa shape index (κ3) is 4.75. The summed E-state index contributed by atoms with van der Waals surface area (Å²) in [7, 11) is 0. The largest absolute Gasteiger partial charge is 0.494 e. The van der Waals surface area contributed by atoms with E-state index in [0.717, 1.165) is 56.1 Å². The molecular weight excluding hydrogens is 312 g/mol. The first-order chi connectivity index (χ1) is 10.8. The molecule has 1 aromatic rings. The summed E-state index contributed by atoms with van der Waals surface area (Å²) in [6.07, 6.45) is 3.55. The molecule has 0 radical (unpaired) electrons. The molecule has 23 heavy (non-hydrogen) atoms. The molecule has 0 amide bonds. The molecule has 0 aromatic heterocycles. The van der Waals surface area contributed by atoms with Gasteiger partial charge in [-0.1, -0.05) is 6.92 Å². The number of rotatable bonds is 7. The molecule has 3 unspecified atom stereocenters. The molecule has 1 aliphatic heterocycles. The first-order valence-corrected chi connectivity index (χ1v) is 8.60. The third-order valence-electron chi connectivity index (χ3n) is 4.96. The summed E-state index contributed by atoms with van der Waals surface area (Å²) in [6, 6.07) is 8.35. The van der Waals surface area contributed by atoms with Crippen molar-refractivity contribution >= 4 is 12.4 Å². The molecular formula is C18H29ClN2O2. The average Bonchev–Trinajstić information content (AvgIpc) is 3.09. The fraction of sp³-hybridized carbons (Fsp3) is 0.667. The lowest BCUT2D eigenvalue weighted by atomic mass is 9.98. The third-order valence-corrected chi connectivity index (χ3v) is 4.96. The van der Waals surface area contributed by atoms with E-state index < -0.39 is 0 Å². The molecule has 1 saturated carbocycles. The number of benzene rings is 1. The number of fused-ring (bicyclic) bond motifs is 1. The second-order valence-corrected chi connectivity index (χ2v) is 6.59. The summed E-state index contributed by atoms with van der Waals surface area (Å²) in [5.74, 6) is 3.37. The van der Waals surface area contributed by atoms with Crippen molar-refractivity contribution in [1.29, 1.82) is 0 Å². The second-order valence-electron chi connectivity index (χ2n) is 6.59. The fourth-order valence-electron chi connectivity index (χ4n) is 3.73. The Morgan fingerprint density at radius 3 is 2.30 bits per heavy atom. The van der Waals surface area contributed by atoms with Crippen LogP contribution in [0.3, 0.4) is 0 Å². The van der Waals surface area contributed by atoms with Crippen LogP contribution in [0.1, 0.15) is 26.2 Å². The van der Waals surface area contributed by atoms with Crippen LogP contribution in [0.25, 0.3) is 0 Å². The van der Waals surface area contributed by atoms with Crippen LogP contribution < -0.4 is 15.2 Å². The van der Waals surface area contributed by atoms with Crippen molar-refractivity contribution < 1.29 is 9.47 Å². The molecule has 0 bridgehead atoms. The molecule has 0 spiro atoms. The number of likely N-dealkylation sites (tertiary alicyclic amines) is 1. The van der Waals surface area contributed by atoms with Gasteiger partial charge in [-0.25, -0.2) is 0 Å². The maximum absolute atomic E-state index is 6.18. The van der Waals surface area contributed by atoms with Crippen LogP contribution >= 0.6 is 12.4 Å². The van der Waals surface area contributed by atoms with Crippen molar-refractivity contribution in [3.05, 3.63) is 24.3 Å². The first-order valence-electron chi connectivity index (χ1n) is 8.60. The van der Waals surface area contributed by atoms with Gasteiger partial charge in [0.15, 0.2) is 0 Å². The summed E-state index contributed by atoms with van der Waals surface area (Å²) in [4.78, 5) is 2.51. The van der Waals surface area contributed by atoms with Crippen LogP contribution in [0.4, 0.5) is 0 Å². The monoisotopic (exact) mass is 340 g/mol. The average molecular weight is 341 g/mol. The zero-order chi connectivity index (χ0) is 15.4. The van der Waals surface area contributed by atoms with Gasteiger partial charge in [0.2, 0.25) is 0 Å². The highest BCUT2D eigenvalue weighted by atomic mass is 35.5. The zero-order valence-electron chi connectivity index (χ0n) is 13.9. The number of nitrogens with two attached hydrogens (primary N) is 1. The molecule has 1 aliphatic carbocycles. The van der Waals surface area contributed by atoms with Crippen LogP contribution in [0.5, 0.6) is 11.5 Å². The summed E-state index contributed by atoms with van der Waals surface area (Å²) < 4.78 is 11.4. The van der Waals surface area contributed by atoms with Gasteiger partial charge < -0.3 is 15.2 Å². The highest BCUT2D eigenvalue weighted by Crippen LogP contribution is 2.36. The summed E-state index contributed by atoms with van der Waals surface area (Å²) in [5, 5.41) is 0. The molecule has 3 rings (SSSR count). The molecule has 2 N–H and O–H groups in total. The van der Waals surface area contributed by atoms with Gasteiger partial charge >= 0.3 is 0 Å². The van der Waals surface area contributed by atoms with Gasteiger partial charge in [0.05, 0.1) is 6.61 Å². The van der Waals surface area contributed by atoms with E-state index in [1.54, 1.807) is 0 Å². The highest BCUT2D eigenvalue weighted by Gasteiger charge is 2.40. The van der Waals surface area contributed by atoms with Crippen molar-refractivity contribution in [2.24, 2.45) is 17.6 Å². The standard InChI is InChI=1S/C18H28N2O2.ClH/c1-2-10-21-15-4-6-16(7-5-15)22-11-9-20-12-14-3-8-18(19)17(14)13-20;/h4-7,14,17-18H,2-3,8-13,19H2,1H3;1H. The summed E-state index contributed by atoms with van der Waals surface area (Å²) >= 11 is 0. The Hall–Kier alpha value is -0.970. The van der Waals surface area contributed by atoms with Crippen molar-refractivity contribution in [2.45, 2.75) is 32.2 Å². The number of hydrogen-bond acceptors (Lipinski definition) is 4. The zero-order valence-corrected chi connectivity index (χ0v) is 14.8. The number of ether oxygens (including phenoxy) is 2. The Morgan fingerprint density at radius 1 is 1.04 bits per heavy atom. The van der Waals surface area contributed by atoms with Gasteiger partial charge in [0.1, 0.15) is 18.1 Å². The molecule has 2 fully saturated rings. The minimum absolute atomic E-state index is 0. The van der Waals surface area contributed by atoms with Crippen LogP contribution in [-0.2, 0) is 0 Å². The van der Waals surface area contributed by atoms with Crippen molar-refractivity contribution in [3.63, 3.8) is 0 Å². The van der Waals surface area contributed by atoms with Gasteiger partial charge in [0.25, 0.3) is 0 Å². The normalized spacial score (nSPS) is 26.6. The van der Waals surface area contributed by atoms with Gasteiger partial charge in [-0.2, -0.15) is 0 Å². The molecule has 3 atom stereocenters. The van der Waals surface area contributed by atoms with Crippen LogP contribution in [0.15, 0.2) is 24.3 Å². The van der Waals surface area contributed by atoms with E-state index in [1.807, 2.05) is 24.3 Å². The lowest BCUT2D eigenvalue weighted by molar-refractivity contribution is 0.225. The Kier molecular flexibility index (Phi) is 7.00. The van der Waals surface area contributed by atoms with Crippen LogP contribution in [-0.4, -0.2) is 43.8 Å². The fourth-order valence-corrected chi connectivity index (χ4v) is 3.73. The Labute approximate surface area is 145 Å². The summed E-state index contributed by atoms with van der Waals surface area (Å²) in [6.45, 7) is 6.96. The number of hydrogen-bond donors (Lipinski definition) is 1. The Bertz CT molecular complexity index is 469. The van der Waals surface area contributed by atoms with Gasteiger partial charge in [-0.15, -0.1) is 12.4 Å². The van der Waals surface area contributed by atoms with E-state index in [1.165, 1.54) is 19.4 Å². The van der Waals surface area contributed by atoms with Crippen molar-refractivity contribution in [1.82, 2.24) is 4.90 Å². The van der Waals surface area contributed by atoms with E-state index in [0.29, 0.717) is 6.04 Å².